The third-order valence-electron chi connectivity index (χ3n) is 3.95. The van der Waals surface area contributed by atoms with Crippen LogP contribution in [0.15, 0.2) is 41.5 Å². The van der Waals surface area contributed by atoms with E-state index in [1.807, 2.05) is 42.5 Å². The van der Waals surface area contributed by atoms with Crippen molar-refractivity contribution in [2.24, 2.45) is 5.10 Å². The zero-order chi connectivity index (χ0) is 17.3. The number of carbonyl (C=O) groups is 1. The van der Waals surface area contributed by atoms with Crippen LogP contribution >= 0.6 is 0 Å². The number of carbonyl (C=O) groups excluding carboxylic acids is 1. The zero-order valence-corrected chi connectivity index (χ0v) is 15.0. The van der Waals surface area contributed by atoms with Crippen LogP contribution in [0.1, 0.15) is 76.7 Å². The molecule has 24 heavy (non-hydrogen) atoms. The van der Waals surface area contributed by atoms with Gasteiger partial charge < -0.3 is 0 Å². The number of hydrogen-bond donors (Lipinski definition) is 1. The monoisotopic (exact) mass is 328 g/mol. The SMILES string of the molecule is CCCCCCCCCCCC(=O)N/N=C\C=C\c1ccccc1. The van der Waals surface area contributed by atoms with Gasteiger partial charge >= 0.3 is 0 Å². The second-order valence-corrected chi connectivity index (χ2v) is 6.16. The molecule has 1 rings (SSSR count). The second kappa shape index (κ2) is 14.7. The number of nitrogens with one attached hydrogen (secondary N) is 1. The highest BCUT2D eigenvalue weighted by atomic mass is 16.2. The summed E-state index contributed by atoms with van der Waals surface area (Å²) < 4.78 is 0. The van der Waals surface area contributed by atoms with Gasteiger partial charge in [-0.2, -0.15) is 5.10 Å². The molecule has 0 bridgehead atoms. The average Bonchev–Trinajstić information content (AvgIpc) is 2.61. The van der Waals surface area contributed by atoms with Gasteiger partial charge in [0.05, 0.1) is 0 Å². The smallest absolute Gasteiger partial charge is 0.240 e. The summed E-state index contributed by atoms with van der Waals surface area (Å²) in [5.41, 5.74) is 3.69. The van der Waals surface area contributed by atoms with Gasteiger partial charge in [-0.25, -0.2) is 5.43 Å². The Morgan fingerprint density at radius 3 is 2.25 bits per heavy atom. The van der Waals surface area contributed by atoms with Crippen molar-refractivity contribution in [3.63, 3.8) is 0 Å². The van der Waals surface area contributed by atoms with Crippen molar-refractivity contribution in [3.8, 4) is 0 Å². The largest absolute Gasteiger partial charge is 0.273 e. The van der Waals surface area contributed by atoms with E-state index in [0.717, 1.165) is 18.4 Å². The van der Waals surface area contributed by atoms with E-state index >= 15 is 0 Å². The molecule has 0 unspecified atom stereocenters. The van der Waals surface area contributed by atoms with Gasteiger partial charge in [0.25, 0.3) is 0 Å². The molecule has 0 fully saturated rings. The van der Waals surface area contributed by atoms with Crippen molar-refractivity contribution in [2.75, 3.05) is 0 Å². The maximum atomic E-state index is 11.6. The van der Waals surface area contributed by atoms with Gasteiger partial charge in [0.2, 0.25) is 5.91 Å². The zero-order valence-electron chi connectivity index (χ0n) is 15.0. The first-order valence-corrected chi connectivity index (χ1v) is 9.36. The van der Waals surface area contributed by atoms with Gasteiger partial charge in [-0.3, -0.25) is 4.79 Å². The molecule has 0 aliphatic heterocycles. The molecular weight excluding hydrogens is 296 g/mol. The molecule has 3 heteroatoms. The van der Waals surface area contributed by atoms with Crippen molar-refractivity contribution < 1.29 is 4.79 Å². The number of amides is 1. The summed E-state index contributed by atoms with van der Waals surface area (Å²) in [5, 5.41) is 3.93. The molecule has 132 valence electrons. The number of nitrogens with zero attached hydrogens (tertiary/aromatic N) is 1. The molecule has 1 N–H and O–H groups in total. The van der Waals surface area contributed by atoms with E-state index in [1.165, 1.54) is 44.9 Å². The van der Waals surface area contributed by atoms with Crippen LogP contribution < -0.4 is 5.43 Å². The van der Waals surface area contributed by atoms with Gasteiger partial charge in [-0.15, -0.1) is 0 Å². The Balaban J connectivity index is 1.96. The topological polar surface area (TPSA) is 41.5 Å². The lowest BCUT2D eigenvalue weighted by atomic mass is 10.1. The van der Waals surface area contributed by atoms with Gasteiger partial charge in [0, 0.05) is 12.6 Å². The minimum absolute atomic E-state index is 0.00214. The Kier molecular flexibility index (Phi) is 12.3. The molecule has 1 amide bonds. The predicted octanol–water partition coefficient (Wildman–Crippen LogP) is 5.72. The highest BCUT2D eigenvalue weighted by Crippen LogP contribution is 2.10. The Hall–Kier alpha value is -1.90. The van der Waals surface area contributed by atoms with E-state index in [-0.39, 0.29) is 5.91 Å². The van der Waals surface area contributed by atoms with Crippen LogP contribution in [0.25, 0.3) is 6.08 Å². The van der Waals surface area contributed by atoms with Gasteiger partial charge in [0.1, 0.15) is 0 Å². The molecule has 0 atom stereocenters. The number of hydrazone groups is 1. The highest BCUT2D eigenvalue weighted by molar-refractivity contribution is 5.81. The second-order valence-electron chi connectivity index (χ2n) is 6.16. The molecular formula is C21H32N2O. The minimum atomic E-state index is 0.00214. The quantitative estimate of drug-likeness (QED) is 0.281. The van der Waals surface area contributed by atoms with Crippen molar-refractivity contribution in [1.29, 1.82) is 0 Å². The Bertz CT molecular complexity index is 480. The fraction of sp³-hybridized carbons (Fsp3) is 0.524. The lowest BCUT2D eigenvalue weighted by Crippen LogP contribution is -2.16. The summed E-state index contributed by atoms with van der Waals surface area (Å²) in [6.07, 6.45) is 17.3. The van der Waals surface area contributed by atoms with Crippen LogP contribution in [-0.4, -0.2) is 12.1 Å². The third kappa shape index (κ3) is 11.6. The van der Waals surface area contributed by atoms with Gasteiger partial charge in [-0.05, 0) is 18.1 Å². The summed E-state index contributed by atoms with van der Waals surface area (Å²) in [6.45, 7) is 2.24. The number of hydrogen-bond acceptors (Lipinski definition) is 2. The molecule has 0 saturated carbocycles. The van der Waals surface area contributed by atoms with E-state index in [2.05, 4.69) is 17.5 Å². The molecule has 1 aromatic carbocycles. The Morgan fingerprint density at radius 2 is 1.58 bits per heavy atom. The number of unbranched alkanes of at least 4 members (excludes halogenated alkanes) is 8. The maximum Gasteiger partial charge on any atom is 0.240 e. The molecule has 0 spiro atoms. The summed E-state index contributed by atoms with van der Waals surface area (Å²) >= 11 is 0. The number of benzene rings is 1. The third-order valence-corrected chi connectivity index (χ3v) is 3.95. The van der Waals surface area contributed by atoms with Gasteiger partial charge in [0.15, 0.2) is 0 Å². The summed E-state index contributed by atoms with van der Waals surface area (Å²) in [6, 6.07) is 10.0. The van der Waals surface area contributed by atoms with Crippen molar-refractivity contribution in [1.82, 2.24) is 5.43 Å². The first kappa shape index (κ1) is 20.1. The lowest BCUT2D eigenvalue weighted by molar-refractivity contribution is -0.121. The highest BCUT2D eigenvalue weighted by Gasteiger charge is 1.98. The molecule has 3 nitrogen and oxygen atoms in total. The van der Waals surface area contributed by atoms with Crippen molar-refractivity contribution in [3.05, 3.63) is 42.0 Å². The van der Waals surface area contributed by atoms with E-state index < -0.39 is 0 Å². The van der Waals surface area contributed by atoms with Crippen LogP contribution in [0.5, 0.6) is 0 Å². The molecule has 0 aliphatic rings. The van der Waals surface area contributed by atoms with Crippen molar-refractivity contribution >= 4 is 18.2 Å². The van der Waals surface area contributed by atoms with Crippen LogP contribution in [-0.2, 0) is 4.79 Å². The van der Waals surface area contributed by atoms with E-state index in [4.69, 9.17) is 0 Å². The molecule has 1 aromatic rings. The first-order valence-electron chi connectivity index (χ1n) is 9.36. The Labute approximate surface area is 147 Å². The van der Waals surface area contributed by atoms with E-state index in [9.17, 15) is 4.79 Å². The molecule has 0 saturated heterocycles. The average molecular weight is 329 g/mol. The maximum absolute atomic E-state index is 11.6. The van der Waals surface area contributed by atoms with E-state index in [0.29, 0.717) is 6.42 Å². The number of allylic oxidation sites excluding steroid dienone is 1. The van der Waals surface area contributed by atoms with Gasteiger partial charge in [-0.1, -0.05) is 94.7 Å². The first-order chi connectivity index (χ1) is 11.8. The van der Waals surface area contributed by atoms with Crippen LogP contribution in [0.2, 0.25) is 0 Å². The predicted molar refractivity (Wildman–Crippen MR) is 104 cm³/mol. The van der Waals surface area contributed by atoms with Crippen LogP contribution in [0.3, 0.4) is 0 Å². The van der Waals surface area contributed by atoms with Crippen LogP contribution in [0.4, 0.5) is 0 Å². The summed E-state index contributed by atoms with van der Waals surface area (Å²) in [5.74, 6) is 0.00214. The normalized spacial score (nSPS) is 11.4. The standard InChI is InChI=1S/C21H32N2O/c1-2-3-4-5-6-7-8-9-13-18-21(24)23-22-19-14-17-20-15-11-10-12-16-20/h10-12,14-17,19H,2-9,13,18H2,1H3,(H,23,24)/b17-14+,22-19-. The molecule has 0 aromatic heterocycles. The van der Waals surface area contributed by atoms with Crippen LogP contribution in [0, 0.1) is 0 Å². The minimum Gasteiger partial charge on any atom is -0.273 e. The molecule has 0 radical (unpaired) electrons. The van der Waals surface area contributed by atoms with Crippen molar-refractivity contribution in [2.45, 2.75) is 71.1 Å². The number of rotatable bonds is 13. The lowest BCUT2D eigenvalue weighted by Gasteiger charge is -2.01. The fourth-order valence-corrected chi connectivity index (χ4v) is 2.52. The molecule has 0 heterocycles. The van der Waals surface area contributed by atoms with E-state index in [1.54, 1.807) is 6.21 Å². The Morgan fingerprint density at radius 1 is 0.958 bits per heavy atom. The summed E-state index contributed by atoms with van der Waals surface area (Å²) in [7, 11) is 0. The molecule has 0 aliphatic carbocycles. The summed E-state index contributed by atoms with van der Waals surface area (Å²) in [4.78, 5) is 11.6. The fourth-order valence-electron chi connectivity index (χ4n) is 2.52.